The fraction of sp³-hybridized carbons (Fsp3) is 0.182. The number of hydrogen-bond donors (Lipinski definition) is 0. The summed E-state index contributed by atoms with van der Waals surface area (Å²) in [5.41, 5.74) is -0.854. The number of rotatable bonds is 1. The second-order valence-electron chi connectivity index (χ2n) is 3.73. The van der Waals surface area contributed by atoms with Crippen molar-refractivity contribution in [2.45, 2.75) is 12.3 Å². The Balaban J connectivity index is 2.55. The van der Waals surface area contributed by atoms with Gasteiger partial charge in [0.05, 0.1) is 16.6 Å². The second-order valence-corrected chi connectivity index (χ2v) is 3.73. The third-order valence-corrected chi connectivity index (χ3v) is 2.46. The summed E-state index contributed by atoms with van der Waals surface area (Å²) >= 11 is 0. The number of ether oxygens (including phenoxy) is 1. The quantitative estimate of drug-likeness (QED) is 0.580. The van der Waals surface area contributed by atoms with E-state index in [0.717, 1.165) is 6.08 Å². The predicted octanol–water partition coefficient (Wildman–Crippen LogP) is 2.50. The van der Waals surface area contributed by atoms with Gasteiger partial charge in [0.1, 0.15) is 5.75 Å². The van der Waals surface area contributed by atoms with Crippen molar-refractivity contribution in [3.05, 3.63) is 45.1 Å². The molecule has 2 rings (SSSR count). The average molecular weight is 270 g/mol. The molecule has 1 aromatic carbocycles. The SMILES string of the molecule is N#Cc1ccc2c(c1)C=C([N+](=O)[O-])C(C(F)(F)F)O2. The molecule has 0 radical (unpaired) electrons. The Kier molecular flexibility index (Phi) is 2.90. The molecule has 0 amide bonds. The Labute approximate surface area is 104 Å². The van der Waals surface area contributed by atoms with Crippen molar-refractivity contribution in [2.75, 3.05) is 0 Å². The highest BCUT2D eigenvalue weighted by molar-refractivity contribution is 5.63. The topological polar surface area (TPSA) is 76.2 Å². The van der Waals surface area contributed by atoms with E-state index < -0.39 is 22.9 Å². The predicted molar refractivity (Wildman–Crippen MR) is 56.6 cm³/mol. The zero-order chi connectivity index (χ0) is 14.2. The molecule has 1 unspecified atom stereocenters. The maximum Gasteiger partial charge on any atom is 0.436 e. The van der Waals surface area contributed by atoms with E-state index in [1.165, 1.54) is 18.2 Å². The number of halogens is 3. The van der Waals surface area contributed by atoms with Gasteiger partial charge in [-0.25, -0.2) is 0 Å². The molecule has 0 fully saturated rings. The Bertz CT molecular complexity index is 617. The van der Waals surface area contributed by atoms with Gasteiger partial charge in [-0.05, 0) is 18.2 Å². The molecule has 0 N–H and O–H groups in total. The lowest BCUT2D eigenvalue weighted by Gasteiger charge is -2.24. The number of alkyl halides is 3. The Hall–Kier alpha value is -2.56. The maximum absolute atomic E-state index is 12.7. The van der Waals surface area contributed by atoms with E-state index in [1.807, 2.05) is 0 Å². The molecule has 0 spiro atoms. The van der Waals surface area contributed by atoms with Crippen LogP contribution in [-0.2, 0) is 0 Å². The van der Waals surface area contributed by atoms with Crippen molar-refractivity contribution < 1.29 is 22.8 Å². The molecule has 0 aliphatic carbocycles. The van der Waals surface area contributed by atoms with Gasteiger partial charge in [0.25, 0.3) is 11.8 Å². The largest absolute Gasteiger partial charge is 0.469 e. The molecule has 19 heavy (non-hydrogen) atoms. The summed E-state index contributed by atoms with van der Waals surface area (Å²) in [6.45, 7) is 0. The first-order valence-electron chi connectivity index (χ1n) is 4.96. The lowest BCUT2D eigenvalue weighted by Crippen LogP contribution is -2.40. The summed E-state index contributed by atoms with van der Waals surface area (Å²) in [5.74, 6) is -0.146. The van der Waals surface area contributed by atoms with E-state index in [9.17, 15) is 23.3 Å². The van der Waals surface area contributed by atoms with Crippen molar-refractivity contribution in [1.29, 1.82) is 5.26 Å². The fourth-order valence-electron chi connectivity index (χ4n) is 1.64. The first-order valence-corrected chi connectivity index (χ1v) is 4.96. The van der Waals surface area contributed by atoms with Gasteiger partial charge in [0, 0.05) is 11.6 Å². The maximum atomic E-state index is 12.7. The minimum absolute atomic E-state index is 0.0752. The number of benzene rings is 1. The highest BCUT2D eigenvalue weighted by Gasteiger charge is 2.51. The molecule has 98 valence electrons. The third kappa shape index (κ3) is 2.35. The van der Waals surface area contributed by atoms with Gasteiger partial charge in [-0.1, -0.05) is 0 Å². The number of nitriles is 1. The molecule has 1 atom stereocenters. The standard InChI is InChI=1S/C11H5F3N2O3/c12-11(13,14)10-8(16(17)18)4-7-3-6(5-15)1-2-9(7)19-10/h1-4,10H. The Morgan fingerprint density at radius 3 is 2.63 bits per heavy atom. The summed E-state index contributed by atoms with van der Waals surface area (Å²) in [6.07, 6.45) is -6.72. The first kappa shape index (κ1) is 12.9. The van der Waals surface area contributed by atoms with E-state index >= 15 is 0 Å². The van der Waals surface area contributed by atoms with Gasteiger partial charge in [0.2, 0.25) is 0 Å². The molecule has 1 aliphatic rings. The molecule has 0 bridgehead atoms. The molecule has 0 saturated heterocycles. The van der Waals surface area contributed by atoms with Gasteiger partial charge in [-0.3, -0.25) is 10.1 Å². The molecule has 8 heteroatoms. The van der Waals surface area contributed by atoms with E-state index in [1.54, 1.807) is 6.07 Å². The smallest absolute Gasteiger partial charge is 0.436 e. The molecule has 0 saturated carbocycles. The van der Waals surface area contributed by atoms with E-state index in [-0.39, 0.29) is 16.9 Å². The Morgan fingerprint density at radius 2 is 2.11 bits per heavy atom. The van der Waals surface area contributed by atoms with Crippen LogP contribution in [-0.4, -0.2) is 17.2 Å². The lowest BCUT2D eigenvalue weighted by atomic mass is 10.0. The average Bonchev–Trinajstić information content (AvgIpc) is 2.35. The summed E-state index contributed by atoms with van der Waals surface area (Å²) in [4.78, 5) is 9.53. The van der Waals surface area contributed by atoms with Crippen LogP contribution >= 0.6 is 0 Å². The van der Waals surface area contributed by atoms with Gasteiger partial charge >= 0.3 is 6.18 Å². The van der Waals surface area contributed by atoms with Crippen LogP contribution in [0.3, 0.4) is 0 Å². The van der Waals surface area contributed by atoms with Crippen LogP contribution in [0.4, 0.5) is 13.2 Å². The minimum Gasteiger partial charge on any atom is -0.469 e. The molecule has 5 nitrogen and oxygen atoms in total. The van der Waals surface area contributed by atoms with Crippen LogP contribution < -0.4 is 4.74 Å². The van der Waals surface area contributed by atoms with Crippen molar-refractivity contribution in [3.8, 4) is 11.8 Å². The number of fused-ring (bicyclic) bond motifs is 1. The molecule has 0 aromatic heterocycles. The van der Waals surface area contributed by atoms with Crippen LogP contribution in [0, 0.1) is 21.4 Å². The van der Waals surface area contributed by atoms with Crippen molar-refractivity contribution in [3.63, 3.8) is 0 Å². The van der Waals surface area contributed by atoms with E-state index in [2.05, 4.69) is 4.74 Å². The van der Waals surface area contributed by atoms with Gasteiger partial charge < -0.3 is 4.74 Å². The zero-order valence-electron chi connectivity index (χ0n) is 9.14. The van der Waals surface area contributed by atoms with E-state index in [0.29, 0.717) is 0 Å². The van der Waals surface area contributed by atoms with Crippen molar-refractivity contribution in [1.82, 2.24) is 0 Å². The van der Waals surface area contributed by atoms with Gasteiger partial charge in [-0.15, -0.1) is 0 Å². The number of nitro groups is 1. The molecule has 1 aromatic rings. The molecular formula is C11H5F3N2O3. The monoisotopic (exact) mass is 270 g/mol. The summed E-state index contributed by atoms with van der Waals surface area (Å²) in [7, 11) is 0. The molecular weight excluding hydrogens is 265 g/mol. The summed E-state index contributed by atoms with van der Waals surface area (Å²) in [5, 5.41) is 19.3. The van der Waals surface area contributed by atoms with Gasteiger partial charge in [0.15, 0.2) is 0 Å². The van der Waals surface area contributed by atoms with Crippen LogP contribution in [0.5, 0.6) is 5.75 Å². The van der Waals surface area contributed by atoms with E-state index in [4.69, 9.17) is 5.26 Å². The normalized spacial score (nSPS) is 17.8. The van der Waals surface area contributed by atoms with Crippen LogP contribution in [0.15, 0.2) is 23.9 Å². The van der Waals surface area contributed by atoms with Crippen molar-refractivity contribution >= 4 is 6.08 Å². The lowest BCUT2D eigenvalue weighted by molar-refractivity contribution is -0.443. The first-order chi connectivity index (χ1) is 8.82. The number of nitrogens with zero attached hydrogens (tertiary/aromatic N) is 2. The second kappa shape index (κ2) is 4.28. The van der Waals surface area contributed by atoms with Crippen LogP contribution in [0.25, 0.3) is 6.08 Å². The minimum atomic E-state index is -4.88. The van der Waals surface area contributed by atoms with Crippen LogP contribution in [0.2, 0.25) is 0 Å². The van der Waals surface area contributed by atoms with Crippen molar-refractivity contribution in [2.24, 2.45) is 0 Å². The summed E-state index contributed by atoms with van der Waals surface area (Å²) < 4.78 is 42.6. The third-order valence-electron chi connectivity index (χ3n) is 2.46. The van der Waals surface area contributed by atoms with Crippen LogP contribution in [0.1, 0.15) is 11.1 Å². The Morgan fingerprint density at radius 1 is 1.42 bits per heavy atom. The highest BCUT2D eigenvalue weighted by atomic mass is 19.4. The number of hydrogen-bond acceptors (Lipinski definition) is 4. The molecule has 1 heterocycles. The fourth-order valence-corrected chi connectivity index (χ4v) is 1.64. The zero-order valence-corrected chi connectivity index (χ0v) is 9.14. The van der Waals surface area contributed by atoms with Gasteiger partial charge in [-0.2, -0.15) is 18.4 Å². The summed E-state index contributed by atoms with van der Waals surface area (Å²) in [6, 6.07) is 5.47. The molecule has 1 aliphatic heterocycles. The highest BCUT2D eigenvalue weighted by Crippen LogP contribution is 2.37.